The molecule has 0 saturated heterocycles. The van der Waals surface area contributed by atoms with E-state index in [0.717, 1.165) is 0 Å². The minimum absolute atomic E-state index is 0.333. The zero-order valence-electron chi connectivity index (χ0n) is 4.49. The molecule has 0 aliphatic rings. The number of rotatable bonds is 0. The Labute approximate surface area is 41.1 Å². The van der Waals surface area contributed by atoms with Gasteiger partial charge in [-0.3, -0.25) is 4.79 Å². The van der Waals surface area contributed by atoms with Gasteiger partial charge in [-0.2, -0.15) is 0 Å². The maximum atomic E-state index is 9.22. The maximum absolute atomic E-state index is 9.22. The summed E-state index contributed by atoms with van der Waals surface area (Å²) in [6.45, 7) is 3.44. The van der Waals surface area contributed by atoms with Gasteiger partial charge in [0.05, 0.1) is 0 Å². The Bertz CT molecular complexity index is 33.8. The Morgan fingerprint density at radius 1 is 1.67 bits per heavy atom. The highest BCUT2D eigenvalue weighted by Gasteiger charge is 1.61. The molecule has 1 amide bonds. The molecule has 0 aliphatic carbocycles. The van der Waals surface area contributed by atoms with Crippen LogP contribution in [0.25, 0.3) is 0 Å². The summed E-state index contributed by atoms with van der Waals surface area (Å²) in [6, 6.07) is 0. The van der Waals surface area contributed by atoms with Crippen molar-refractivity contribution in [1.29, 1.82) is 0 Å². The summed E-state index contributed by atoms with van der Waals surface area (Å²) in [5.41, 5.74) is 4.47. The Balaban J connectivity index is 0. The van der Waals surface area contributed by atoms with Crippen LogP contribution in [0.3, 0.4) is 0 Å². The van der Waals surface area contributed by atoms with Crippen molar-refractivity contribution < 1.29 is 4.79 Å². The molecule has 2 nitrogen and oxygen atoms in total. The molecule has 0 aliphatic heterocycles. The number of hydrogen-bond donors (Lipinski definition) is 1. The third-order valence-electron chi connectivity index (χ3n) is 0. The fraction of sp³-hybridized carbons (Fsp3) is 0.667. The average Bonchev–Trinajstić information content (AvgIpc) is 1.41. The summed E-state index contributed by atoms with van der Waals surface area (Å²) in [6.07, 6.45) is 0. The molecule has 2 N–H and O–H groups in total. The first-order valence-corrected chi connectivity index (χ1v) is 3.99. The zero-order valence-corrected chi connectivity index (χ0v) is 6.49. The molecule has 0 unspecified atom stereocenters. The van der Waals surface area contributed by atoms with Crippen molar-refractivity contribution >= 4 is 16.1 Å². The van der Waals surface area contributed by atoms with E-state index in [0.29, 0.717) is 0 Å². The summed E-state index contributed by atoms with van der Waals surface area (Å²) in [5.74, 6) is -0.333. The van der Waals surface area contributed by atoms with Crippen LogP contribution in [-0.2, 0) is 4.79 Å². The molecule has 0 saturated carbocycles. The highest BCUT2D eigenvalue weighted by Crippen LogP contribution is 1.33. The van der Waals surface area contributed by atoms with E-state index in [1.807, 2.05) is 0 Å². The summed E-state index contributed by atoms with van der Waals surface area (Å²) in [5, 5.41) is 0. The van der Waals surface area contributed by atoms with Crippen LogP contribution in [0.15, 0.2) is 0 Å². The standard InChI is InChI=1S/C2H5NO.CH6Si/c1-2(3)4;1-2/h1H3,(H2,3,4);1-2H3. The number of hydrogen-bond acceptors (Lipinski definition) is 1. The van der Waals surface area contributed by atoms with Crippen molar-refractivity contribution in [3.8, 4) is 0 Å². The number of amides is 1. The monoisotopic (exact) mass is 105 g/mol. The van der Waals surface area contributed by atoms with Crippen molar-refractivity contribution in [3.63, 3.8) is 0 Å². The Kier molecular flexibility index (Phi) is 13.5. The molecule has 0 bridgehead atoms. The molecule has 0 radical (unpaired) electrons. The van der Waals surface area contributed by atoms with Gasteiger partial charge in [-0.05, 0) is 10.2 Å². The summed E-state index contributed by atoms with van der Waals surface area (Å²) < 4.78 is 0. The van der Waals surface area contributed by atoms with Crippen molar-refractivity contribution in [3.05, 3.63) is 0 Å². The molecule has 6 heavy (non-hydrogen) atoms. The Morgan fingerprint density at radius 2 is 1.67 bits per heavy atom. The first-order valence-electron chi connectivity index (χ1n) is 1.99. The molecule has 0 heterocycles. The first kappa shape index (κ1) is 9.19. The number of carbonyl (C=O) groups is 1. The van der Waals surface area contributed by atoms with Crippen molar-refractivity contribution in [2.75, 3.05) is 0 Å². The van der Waals surface area contributed by atoms with E-state index in [4.69, 9.17) is 0 Å². The second kappa shape index (κ2) is 8.82. The van der Waals surface area contributed by atoms with Gasteiger partial charge in [-0.25, -0.2) is 0 Å². The van der Waals surface area contributed by atoms with E-state index >= 15 is 0 Å². The van der Waals surface area contributed by atoms with Crippen molar-refractivity contribution in [1.82, 2.24) is 0 Å². The Hall–Kier alpha value is -0.313. The SMILES string of the molecule is CC(N)=O.C[SiH3]. The van der Waals surface area contributed by atoms with Crippen LogP contribution in [0, 0.1) is 0 Å². The fourth-order valence-corrected chi connectivity index (χ4v) is 0. The number of nitrogens with two attached hydrogens (primary N) is 1. The number of primary amides is 1. The van der Waals surface area contributed by atoms with Crippen LogP contribution in [0.5, 0.6) is 0 Å². The first-order chi connectivity index (χ1) is 2.73. The highest BCUT2D eigenvalue weighted by atomic mass is 28.1. The van der Waals surface area contributed by atoms with Gasteiger partial charge >= 0.3 is 0 Å². The smallest absolute Gasteiger partial charge is 0.214 e. The van der Waals surface area contributed by atoms with Crippen LogP contribution < -0.4 is 5.73 Å². The quantitative estimate of drug-likeness (QED) is 0.390. The largest absolute Gasteiger partial charge is 0.370 e. The summed E-state index contributed by atoms with van der Waals surface area (Å²) in [4.78, 5) is 9.22. The van der Waals surface area contributed by atoms with Crippen LogP contribution >= 0.6 is 0 Å². The van der Waals surface area contributed by atoms with Crippen LogP contribution in [0.4, 0.5) is 0 Å². The predicted octanol–water partition coefficient (Wildman–Crippen LogP) is -1.11. The zero-order chi connectivity index (χ0) is 5.58. The normalized spacial score (nSPS) is 5.67. The van der Waals surface area contributed by atoms with Gasteiger partial charge in [0, 0.05) is 6.92 Å². The van der Waals surface area contributed by atoms with Gasteiger partial charge < -0.3 is 5.73 Å². The Morgan fingerprint density at radius 3 is 1.67 bits per heavy atom. The molecular formula is C3H11NOSi. The molecule has 0 rings (SSSR count). The molecule has 0 aromatic heterocycles. The average molecular weight is 105 g/mol. The van der Waals surface area contributed by atoms with Crippen LogP contribution in [-0.4, -0.2) is 16.1 Å². The van der Waals surface area contributed by atoms with Gasteiger partial charge in [-0.15, -0.1) is 0 Å². The van der Waals surface area contributed by atoms with E-state index in [2.05, 4.69) is 12.3 Å². The van der Waals surface area contributed by atoms with E-state index in [1.54, 1.807) is 0 Å². The van der Waals surface area contributed by atoms with Gasteiger partial charge in [0.15, 0.2) is 0 Å². The lowest BCUT2D eigenvalue weighted by Crippen LogP contribution is -2.01. The minimum Gasteiger partial charge on any atom is -0.370 e. The number of carbonyl (C=O) groups excluding carboxylic acids is 1. The van der Waals surface area contributed by atoms with Gasteiger partial charge in [0.1, 0.15) is 0 Å². The van der Waals surface area contributed by atoms with Crippen LogP contribution in [0.1, 0.15) is 6.92 Å². The molecule has 38 valence electrons. The van der Waals surface area contributed by atoms with Crippen LogP contribution in [0.2, 0.25) is 6.55 Å². The van der Waals surface area contributed by atoms with Gasteiger partial charge in [-0.1, -0.05) is 6.55 Å². The molecule has 0 atom stereocenters. The minimum atomic E-state index is -0.333. The van der Waals surface area contributed by atoms with E-state index in [1.165, 1.54) is 17.2 Å². The molecular weight excluding hydrogens is 94.1 g/mol. The molecule has 0 fully saturated rings. The lowest BCUT2D eigenvalue weighted by atomic mass is 10.8. The molecule has 3 heteroatoms. The third-order valence-corrected chi connectivity index (χ3v) is 0. The second-order valence-electron chi connectivity index (χ2n) is 0.611. The van der Waals surface area contributed by atoms with E-state index < -0.39 is 0 Å². The lowest BCUT2D eigenvalue weighted by molar-refractivity contribution is -0.115. The fourth-order valence-electron chi connectivity index (χ4n) is 0. The molecule has 0 spiro atoms. The maximum Gasteiger partial charge on any atom is 0.214 e. The third kappa shape index (κ3) is 271. The van der Waals surface area contributed by atoms with Gasteiger partial charge in [0.2, 0.25) is 5.91 Å². The summed E-state index contributed by atoms with van der Waals surface area (Å²) in [7, 11) is 1.31. The van der Waals surface area contributed by atoms with Crippen molar-refractivity contribution in [2.24, 2.45) is 5.73 Å². The highest BCUT2D eigenvalue weighted by molar-refractivity contribution is 6.05. The second-order valence-corrected chi connectivity index (χ2v) is 0.611. The van der Waals surface area contributed by atoms with E-state index in [9.17, 15) is 4.79 Å². The molecule has 0 aromatic rings. The topological polar surface area (TPSA) is 43.1 Å². The predicted molar refractivity (Wildman–Crippen MR) is 30.7 cm³/mol. The molecule has 0 aromatic carbocycles. The van der Waals surface area contributed by atoms with E-state index in [-0.39, 0.29) is 5.91 Å². The summed E-state index contributed by atoms with van der Waals surface area (Å²) >= 11 is 0. The van der Waals surface area contributed by atoms with Crippen molar-refractivity contribution in [2.45, 2.75) is 13.5 Å². The van der Waals surface area contributed by atoms with Gasteiger partial charge in [0.25, 0.3) is 0 Å². The lowest BCUT2D eigenvalue weighted by Gasteiger charge is -1.60.